The SMILES string of the molecule is CNC(=O)Oc1c(-c2ccc(Oc3cccc(C#N)c3)cc2)oc2cc(N(CCO)S(C)(=O)=O)c(OC)cc12. The van der Waals surface area contributed by atoms with E-state index >= 15 is 0 Å². The molecule has 1 amide bonds. The smallest absolute Gasteiger partial charge is 0.412 e. The molecule has 0 unspecified atom stereocenters. The fourth-order valence-electron chi connectivity index (χ4n) is 3.88. The molecule has 12 heteroatoms. The number of hydrogen-bond acceptors (Lipinski definition) is 9. The number of rotatable bonds is 9. The Hall–Kier alpha value is -4.73. The lowest BCUT2D eigenvalue weighted by molar-refractivity contribution is 0.203. The van der Waals surface area contributed by atoms with Gasteiger partial charge in [-0.2, -0.15) is 5.26 Å². The Morgan fingerprint density at radius 3 is 2.49 bits per heavy atom. The number of carbonyl (C=O) groups excluding carboxylic acids is 1. The molecule has 39 heavy (non-hydrogen) atoms. The monoisotopic (exact) mass is 551 g/mol. The van der Waals surface area contributed by atoms with Crippen LogP contribution in [-0.2, 0) is 10.0 Å². The molecule has 3 aromatic carbocycles. The van der Waals surface area contributed by atoms with Gasteiger partial charge in [0.25, 0.3) is 0 Å². The van der Waals surface area contributed by atoms with Crippen molar-refractivity contribution >= 4 is 32.8 Å². The molecule has 2 N–H and O–H groups in total. The van der Waals surface area contributed by atoms with E-state index in [0.29, 0.717) is 28.0 Å². The number of methoxy groups -OCH3 is 1. The van der Waals surface area contributed by atoms with Crippen molar-refractivity contribution in [2.75, 3.05) is 37.9 Å². The first kappa shape index (κ1) is 27.3. The molecule has 0 atom stereocenters. The number of aliphatic hydroxyl groups excluding tert-OH is 1. The number of ether oxygens (including phenoxy) is 3. The number of nitrogens with zero attached hydrogens (tertiary/aromatic N) is 2. The first-order chi connectivity index (χ1) is 18.7. The maximum atomic E-state index is 12.4. The van der Waals surface area contributed by atoms with E-state index in [4.69, 9.17) is 23.9 Å². The molecule has 0 saturated heterocycles. The zero-order valence-corrected chi connectivity index (χ0v) is 22.1. The molecule has 11 nitrogen and oxygen atoms in total. The molecule has 4 aromatic rings. The summed E-state index contributed by atoms with van der Waals surface area (Å²) in [5.41, 5.74) is 1.38. The van der Waals surface area contributed by atoms with Gasteiger partial charge in [-0.1, -0.05) is 6.07 Å². The molecule has 0 aliphatic rings. The van der Waals surface area contributed by atoms with Gasteiger partial charge in [-0.15, -0.1) is 0 Å². The zero-order chi connectivity index (χ0) is 28.2. The number of anilines is 1. The second-order valence-corrected chi connectivity index (χ2v) is 10.2. The Bertz CT molecular complexity index is 1660. The summed E-state index contributed by atoms with van der Waals surface area (Å²) in [6.45, 7) is -0.619. The Morgan fingerprint density at radius 1 is 1.13 bits per heavy atom. The van der Waals surface area contributed by atoms with Crippen LogP contribution in [0, 0.1) is 11.3 Å². The first-order valence-corrected chi connectivity index (χ1v) is 13.4. The summed E-state index contributed by atoms with van der Waals surface area (Å²) in [7, 11) is -0.988. The van der Waals surface area contributed by atoms with Crippen LogP contribution in [0.25, 0.3) is 22.3 Å². The van der Waals surface area contributed by atoms with Crippen LogP contribution in [-0.4, -0.2) is 53.2 Å². The molecular weight excluding hydrogens is 526 g/mol. The molecule has 0 bridgehead atoms. The highest BCUT2D eigenvalue weighted by Crippen LogP contribution is 2.45. The Kier molecular flexibility index (Phi) is 7.94. The minimum atomic E-state index is -3.77. The Balaban J connectivity index is 1.80. The van der Waals surface area contributed by atoms with Gasteiger partial charge >= 0.3 is 6.09 Å². The number of benzene rings is 3. The average molecular weight is 552 g/mol. The molecule has 0 saturated carbocycles. The molecule has 1 aromatic heterocycles. The summed E-state index contributed by atoms with van der Waals surface area (Å²) in [6, 6.07) is 18.5. The van der Waals surface area contributed by atoms with Gasteiger partial charge in [-0.05, 0) is 48.5 Å². The van der Waals surface area contributed by atoms with Gasteiger partial charge in [-0.3, -0.25) is 4.31 Å². The van der Waals surface area contributed by atoms with Crippen LogP contribution in [0.2, 0.25) is 0 Å². The summed E-state index contributed by atoms with van der Waals surface area (Å²) in [5, 5.41) is 21.3. The lowest BCUT2D eigenvalue weighted by Crippen LogP contribution is -2.32. The first-order valence-electron chi connectivity index (χ1n) is 11.6. The largest absolute Gasteiger partial charge is 0.495 e. The Labute approximate surface area is 224 Å². The molecule has 202 valence electrons. The highest BCUT2D eigenvalue weighted by Gasteiger charge is 2.26. The van der Waals surface area contributed by atoms with Crippen LogP contribution in [0.3, 0.4) is 0 Å². The molecular formula is C27H25N3O8S. The van der Waals surface area contributed by atoms with Crippen molar-refractivity contribution in [3.63, 3.8) is 0 Å². The number of hydrogen-bond donors (Lipinski definition) is 2. The number of nitriles is 1. The van der Waals surface area contributed by atoms with Gasteiger partial charge in [0.05, 0.1) is 49.2 Å². The average Bonchev–Trinajstić information content (AvgIpc) is 3.27. The van der Waals surface area contributed by atoms with Gasteiger partial charge in [0, 0.05) is 18.7 Å². The van der Waals surface area contributed by atoms with Gasteiger partial charge in [0.1, 0.15) is 22.8 Å². The standard InChI is InChI=1S/C27H25N3O8S/c1-29-27(32)38-26-21-14-24(35-2)22(30(11-12-31)39(3,33)34)15-23(21)37-25(26)18-7-9-19(10-8-18)36-20-6-4-5-17(13-20)16-28/h4-10,13-15,31H,11-12H2,1-3H3,(H,29,32). The van der Waals surface area contributed by atoms with Crippen molar-refractivity contribution < 1.29 is 36.9 Å². The van der Waals surface area contributed by atoms with Crippen molar-refractivity contribution in [3.05, 3.63) is 66.2 Å². The van der Waals surface area contributed by atoms with Crippen LogP contribution in [0.4, 0.5) is 10.5 Å². The van der Waals surface area contributed by atoms with Gasteiger partial charge in [0.15, 0.2) is 11.5 Å². The molecule has 4 rings (SSSR count). The van der Waals surface area contributed by atoms with Crippen LogP contribution in [0.5, 0.6) is 23.0 Å². The second kappa shape index (κ2) is 11.3. The van der Waals surface area contributed by atoms with E-state index in [1.807, 2.05) is 0 Å². The van der Waals surface area contributed by atoms with Crippen molar-refractivity contribution in [1.29, 1.82) is 5.26 Å². The van der Waals surface area contributed by atoms with Crippen molar-refractivity contribution in [2.24, 2.45) is 0 Å². The van der Waals surface area contributed by atoms with Crippen LogP contribution >= 0.6 is 0 Å². The highest BCUT2D eigenvalue weighted by molar-refractivity contribution is 7.92. The summed E-state index contributed by atoms with van der Waals surface area (Å²) in [5.74, 6) is 1.46. The van der Waals surface area contributed by atoms with E-state index in [2.05, 4.69) is 11.4 Å². The highest BCUT2D eigenvalue weighted by atomic mass is 32.2. The third kappa shape index (κ3) is 5.90. The van der Waals surface area contributed by atoms with Gasteiger partial charge in [-0.25, -0.2) is 13.2 Å². The van der Waals surface area contributed by atoms with Crippen molar-refractivity contribution in [1.82, 2.24) is 5.32 Å². The number of carbonyl (C=O) groups is 1. The number of aliphatic hydroxyl groups is 1. The molecule has 0 aliphatic carbocycles. The number of amides is 1. The minimum absolute atomic E-state index is 0.0950. The van der Waals surface area contributed by atoms with E-state index in [1.165, 1.54) is 26.3 Å². The fraction of sp³-hybridized carbons (Fsp3) is 0.185. The Morgan fingerprint density at radius 2 is 1.87 bits per heavy atom. The topological polar surface area (TPSA) is 151 Å². The second-order valence-electron chi connectivity index (χ2n) is 8.24. The predicted octanol–water partition coefficient (Wildman–Crippen LogP) is 4.25. The normalized spacial score (nSPS) is 11.1. The summed E-state index contributed by atoms with van der Waals surface area (Å²) in [6.07, 6.45) is 0.276. The number of sulfonamides is 1. The van der Waals surface area contributed by atoms with Gasteiger partial charge < -0.3 is 29.1 Å². The molecule has 1 heterocycles. The lowest BCUT2D eigenvalue weighted by atomic mass is 10.1. The maximum absolute atomic E-state index is 12.4. The maximum Gasteiger partial charge on any atom is 0.412 e. The van der Waals surface area contributed by atoms with Crippen LogP contribution in [0.1, 0.15) is 5.56 Å². The predicted molar refractivity (Wildman–Crippen MR) is 144 cm³/mol. The molecule has 0 aliphatic heterocycles. The summed E-state index contributed by atoms with van der Waals surface area (Å²) in [4.78, 5) is 12.2. The van der Waals surface area contributed by atoms with E-state index < -0.39 is 22.7 Å². The zero-order valence-electron chi connectivity index (χ0n) is 21.3. The quantitative estimate of drug-likeness (QED) is 0.311. The van der Waals surface area contributed by atoms with Crippen molar-refractivity contribution in [3.8, 4) is 40.4 Å². The third-order valence-electron chi connectivity index (χ3n) is 5.63. The molecule has 0 fully saturated rings. The van der Waals surface area contributed by atoms with E-state index in [0.717, 1.165) is 10.6 Å². The number of nitrogens with one attached hydrogen (secondary N) is 1. The molecule has 0 radical (unpaired) electrons. The van der Waals surface area contributed by atoms with Crippen LogP contribution in [0.15, 0.2) is 65.1 Å². The van der Waals surface area contributed by atoms with Gasteiger partial charge in [0.2, 0.25) is 10.0 Å². The van der Waals surface area contributed by atoms with E-state index in [9.17, 15) is 18.3 Å². The number of furan rings is 1. The lowest BCUT2D eigenvalue weighted by Gasteiger charge is -2.23. The van der Waals surface area contributed by atoms with Crippen molar-refractivity contribution in [2.45, 2.75) is 0 Å². The van der Waals surface area contributed by atoms with E-state index in [1.54, 1.807) is 48.5 Å². The summed E-state index contributed by atoms with van der Waals surface area (Å²) >= 11 is 0. The fourth-order valence-corrected chi connectivity index (χ4v) is 4.79. The van der Waals surface area contributed by atoms with Crippen LogP contribution < -0.4 is 23.8 Å². The van der Waals surface area contributed by atoms with E-state index in [-0.39, 0.29) is 35.1 Å². The third-order valence-corrected chi connectivity index (χ3v) is 6.81. The minimum Gasteiger partial charge on any atom is -0.495 e. The molecule has 0 spiro atoms. The number of fused-ring (bicyclic) bond motifs is 1. The summed E-state index contributed by atoms with van der Waals surface area (Å²) < 4.78 is 48.7.